The molecule has 0 aliphatic rings. The fourth-order valence-corrected chi connectivity index (χ4v) is 10.2. The Balaban J connectivity index is 4.06. The van der Waals surface area contributed by atoms with E-state index in [2.05, 4.69) is 98.9 Å². The second kappa shape index (κ2) is 66.4. The minimum absolute atomic E-state index is 0.181. The van der Waals surface area contributed by atoms with Crippen LogP contribution in [-0.2, 0) is 33.3 Å². The SMILES string of the molecule is CC/C=C\C/C=C\C/C=C\C/C=C\C/C=C\C/C=C\CCCCCCCCCCCCCCCCCCCCC(=O)OC(COC(=O)CCCCCCCCCCCCC/C=C\CCCCCCCCCC)COC(OCC[N+](C)(C)C)C(=O)O. The largest absolute Gasteiger partial charge is 0.477 e. The molecule has 0 saturated heterocycles. The lowest BCUT2D eigenvalue weighted by molar-refractivity contribution is -0.870. The zero-order valence-corrected chi connectivity index (χ0v) is 56.3. The van der Waals surface area contributed by atoms with Gasteiger partial charge in [-0.25, -0.2) is 4.79 Å². The maximum absolute atomic E-state index is 13.0. The number of unbranched alkanes of at least 4 members (excludes halogenated alkanes) is 37. The first-order valence-electron chi connectivity index (χ1n) is 35.8. The fourth-order valence-electron chi connectivity index (χ4n) is 10.2. The van der Waals surface area contributed by atoms with Crippen molar-refractivity contribution in [2.45, 2.75) is 334 Å². The number of hydrogen-bond donors (Lipinski definition) is 1. The average molecular weight is 1190 g/mol. The molecule has 9 heteroatoms. The maximum Gasteiger partial charge on any atom is 0.361 e. The molecule has 0 aromatic heterocycles. The molecule has 2 unspecified atom stereocenters. The van der Waals surface area contributed by atoms with Crippen molar-refractivity contribution in [1.29, 1.82) is 0 Å². The van der Waals surface area contributed by atoms with Crippen molar-refractivity contribution in [2.75, 3.05) is 47.5 Å². The number of carboxylic acid groups (broad SMARTS) is 1. The zero-order chi connectivity index (χ0) is 61.9. The molecule has 0 heterocycles. The standard InChI is InChI=1S/C76H135NO8/c1-6-8-10-12-14-16-18-20-22-24-26-28-30-31-32-33-34-35-36-37-38-39-40-41-42-43-45-47-49-51-53-55-57-59-61-63-65-67-74(79)85-72(71-84-76(75(80)81)82-69-68-77(3,4)5)70-83-73(78)66-64-62-60-58-56-54-52-50-48-46-44-29-27-25-23-21-19-17-15-13-11-9-7-2/h8,10,14,16,20,22,25-28,31-32,34-35,72,76H,6-7,9,11-13,15,17-19,21,23-24,29-30,33,36-71H2,1-5H3/p+1/b10-8-,16-14-,22-20-,27-25-,28-26-,32-31-,35-34-. The van der Waals surface area contributed by atoms with Crippen molar-refractivity contribution in [3.8, 4) is 0 Å². The molecule has 9 nitrogen and oxygen atoms in total. The van der Waals surface area contributed by atoms with Gasteiger partial charge in [-0.05, 0) is 89.9 Å². The van der Waals surface area contributed by atoms with Crippen LogP contribution >= 0.6 is 0 Å². The number of carbonyl (C=O) groups excluding carboxylic acids is 2. The summed E-state index contributed by atoms with van der Waals surface area (Å²) >= 11 is 0. The lowest BCUT2D eigenvalue weighted by atomic mass is 10.0. The third-order valence-electron chi connectivity index (χ3n) is 15.6. The highest BCUT2D eigenvalue weighted by Gasteiger charge is 2.25. The molecular weight excluding hydrogens is 1050 g/mol. The third-order valence-corrected chi connectivity index (χ3v) is 15.6. The number of carboxylic acids is 1. The van der Waals surface area contributed by atoms with Gasteiger partial charge in [-0.1, -0.05) is 304 Å². The number of rotatable bonds is 66. The van der Waals surface area contributed by atoms with E-state index >= 15 is 0 Å². The minimum atomic E-state index is -1.51. The molecule has 0 aliphatic heterocycles. The molecule has 0 rings (SSSR count). The Morgan fingerprint density at radius 3 is 1.01 bits per heavy atom. The maximum atomic E-state index is 13.0. The van der Waals surface area contributed by atoms with Crippen LogP contribution in [0, 0.1) is 0 Å². The van der Waals surface area contributed by atoms with Gasteiger partial charge in [0.25, 0.3) is 6.29 Å². The quantitative estimate of drug-likeness (QED) is 0.0211. The van der Waals surface area contributed by atoms with Crippen LogP contribution in [-0.4, -0.2) is 87.4 Å². The van der Waals surface area contributed by atoms with Crippen LogP contribution in [0.5, 0.6) is 0 Å². The number of hydrogen-bond acceptors (Lipinski definition) is 7. The Kier molecular flexibility index (Phi) is 63.7. The molecule has 0 bridgehead atoms. The molecule has 0 saturated carbocycles. The van der Waals surface area contributed by atoms with Crippen molar-refractivity contribution >= 4 is 17.9 Å². The Bertz CT molecular complexity index is 1670. The lowest BCUT2D eigenvalue weighted by Crippen LogP contribution is -2.40. The van der Waals surface area contributed by atoms with Gasteiger partial charge in [-0.3, -0.25) is 9.59 Å². The van der Waals surface area contributed by atoms with Gasteiger partial charge in [0.2, 0.25) is 0 Å². The average Bonchev–Trinajstić information content (AvgIpc) is 3.48. The predicted molar refractivity (Wildman–Crippen MR) is 364 cm³/mol. The summed E-state index contributed by atoms with van der Waals surface area (Å²) in [5.74, 6) is -1.99. The van der Waals surface area contributed by atoms with E-state index in [1.54, 1.807) is 0 Å². The van der Waals surface area contributed by atoms with Crippen LogP contribution < -0.4 is 0 Å². The van der Waals surface area contributed by atoms with E-state index in [4.69, 9.17) is 18.9 Å². The summed E-state index contributed by atoms with van der Waals surface area (Å²) in [4.78, 5) is 37.6. The highest BCUT2D eigenvalue weighted by atomic mass is 16.7. The fraction of sp³-hybridized carbons (Fsp3) is 0.776. The minimum Gasteiger partial charge on any atom is -0.477 e. The summed E-state index contributed by atoms with van der Waals surface area (Å²) in [6.07, 6.45) is 87.0. The number of carbonyl (C=O) groups is 3. The highest BCUT2D eigenvalue weighted by molar-refractivity contribution is 5.71. The summed E-state index contributed by atoms with van der Waals surface area (Å²) in [6, 6.07) is 0. The van der Waals surface area contributed by atoms with E-state index in [0.717, 1.165) is 77.0 Å². The molecule has 1 N–H and O–H groups in total. The summed E-state index contributed by atoms with van der Waals surface area (Å²) in [5.41, 5.74) is 0. The molecule has 85 heavy (non-hydrogen) atoms. The number of ether oxygens (including phenoxy) is 4. The van der Waals surface area contributed by atoms with Gasteiger partial charge in [0.05, 0.1) is 34.4 Å². The molecule has 2 atom stereocenters. The smallest absolute Gasteiger partial charge is 0.361 e. The van der Waals surface area contributed by atoms with Gasteiger partial charge in [-0.15, -0.1) is 0 Å². The van der Waals surface area contributed by atoms with Crippen LogP contribution in [0.25, 0.3) is 0 Å². The monoisotopic (exact) mass is 1190 g/mol. The molecule has 0 spiro atoms. The van der Waals surface area contributed by atoms with Crippen molar-refractivity contribution in [1.82, 2.24) is 0 Å². The number of allylic oxidation sites excluding steroid dienone is 14. The van der Waals surface area contributed by atoms with E-state index in [0.29, 0.717) is 17.4 Å². The molecule has 0 aromatic carbocycles. The van der Waals surface area contributed by atoms with Crippen molar-refractivity contribution in [2.24, 2.45) is 0 Å². The summed E-state index contributed by atoms with van der Waals surface area (Å²) in [7, 11) is 5.98. The number of aliphatic carboxylic acids is 1. The predicted octanol–water partition coefficient (Wildman–Crippen LogP) is 22.2. The summed E-state index contributed by atoms with van der Waals surface area (Å²) in [5, 5.41) is 9.75. The lowest BCUT2D eigenvalue weighted by Gasteiger charge is -2.25. The van der Waals surface area contributed by atoms with E-state index in [1.165, 1.54) is 218 Å². The molecule has 0 fully saturated rings. The summed E-state index contributed by atoms with van der Waals surface area (Å²) in [6.45, 7) is 4.80. The number of quaternary nitrogens is 1. The molecule has 492 valence electrons. The van der Waals surface area contributed by atoms with E-state index < -0.39 is 24.3 Å². The van der Waals surface area contributed by atoms with Crippen molar-refractivity contribution in [3.05, 3.63) is 85.1 Å². The van der Waals surface area contributed by atoms with Gasteiger partial charge < -0.3 is 28.5 Å². The second-order valence-electron chi connectivity index (χ2n) is 25.2. The van der Waals surface area contributed by atoms with E-state index in [9.17, 15) is 19.5 Å². The first-order valence-corrected chi connectivity index (χ1v) is 35.8. The molecular formula is C76H136NO8+. The Hall–Kier alpha value is -3.53. The van der Waals surface area contributed by atoms with Crippen LogP contribution in [0.3, 0.4) is 0 Å². The first kappa shape index (κ1) is 81.5. The van der Waals surface area contributed by atoms with Crippen molar-refractivity contribution < 1.29 is 42.9 Å². The zero-order valence-electron chi connectivity index (χ0n) is 56.3. The van der Waals surface area contributed by atoms with Gasteiger partial charge in [0.1, 0.15) is 13.2 Å². The topological polar surface area (TPSA) is 108 Å². The normalized spacial score (nSPS) is 13.2. The highest BCUT2D eigenvalue weighted by Crippen LogP contribution is 2.18. The van der Waals surface area contributed by atoms with E-state index in [-0.39, 0.29) is 32.2 Å². The molecule has 0 radical (unpaired) electrons. The molecule has 0 amide bonds. The second-order valence-corrected chi connectivity index (χ2v) is 25.2. The van der Waals surface area contributed by atoms with Gasteiger partial charge >= 0.3 is 17.9 Å². The first-order chi connectivity index (χ1) is 41.6. The number of esters is 2. The van der Waals surface area contributed by atoms with Crippen LogP contribution in [0.2, 0.25) is 0 Å². The number of likely N-dealkylation sites (N-methyl/N-ethyl adjacent to an activating group) is 1. The van der Waals surface area contributed by atoms with E-state index in [1.807, 2.05) is 21.1 Å². The Morgan fingerprint density at radius 1 is 0.365 bits per heavy atom. The van der Waals surface area contributed by atoms with Crippen LogP contribution in [0.4, 0.5) is 0 Å². The van der Waals surface area contributed by atoms with Gasteiger partial charge in [-0.2, -0.15) is 0 Å². The molecule has 0 aliphatic carbocycles. The Labute approximate surface area is 525 Å². The van der Waals surface area contributed by atoms with Gasteiger partial charge in [0, 0.05) is 12.8 Å². The van der Waals surface area contributed by atoms with Crippen LogP contribution in [0.1, 0.15) is 322 Å². The third kappa shape index (κ3) is 67.8. The van der Waals surface area contributed by atoms with Gasteiger partial charge in [0.15, 0.2) is 6.10 Å². The van der Waals surface area contributed by atoms with Crippen molar-refractivity contribution in [3.63, 3.8) is 0 Å². The number of nitrogens with zero attached hydrogens (tertiary/aromatic N) is 1. The van der Waals surface area contributed by atoms with Crippen LogP contribution in [0.15, 0.2) is 85.1 Å². The molecule has 0 aromatic rings. The summed E-state index contributed by atoms with van der Waals surface area (Å²) < 4.78 is 23.0. The Morgan fingerprint density at radius 2 is 0.671 bits per heavy atom.